The Kier molecular flexibility index (Phi) is 3.43. The third kappa shape index (κ3) is 2.23. The molecule has 1 atom stereocenters. The van der Waals surface area contributed by atoms with E-state index in [0.29, 0.717) is 0 Å². The highest BCUT2D eigenvalue weighted by atomic mass is 16.2. The highest BCUT2D eigenvalue weighted by molar-refractivity contribution is 5.97. The van der Waals surface area contributed by atoms with E-state index in [0.717, 1.165) is 18.5 Å². The van der Waals surface area contributed by atoms with Gasteiger partial charge in [0, 0.05) is 34.3 Å². The quantitative estimate of drug-likeness (QED) is 0.645. The van der Waals surface area contributed by atoms with Crippen molar-refractivity contribution in [2.75, 3.05) is 11.9 Å². The highest BCUT2D eigenvalue weighted by Gasteiger charge is 2.37. The molecule has 0 fully saturated rings. The van der Waals surface area contributed by atoms with Crippen LogP contribution in [0.15, 0.2) is 36.4 Å². The average Bonchev–Trinajstić information content (AvgIpc) is 2.94. The second-order valence-electron chi connectivity index (χ2n) is 7.26. The second kappa shape index (κ2) is 5.38. The van der Waals surface area contributed by atoms with E-state index in [4.69, 9.17) is 0 Å². The van der Waals surface area contributed by atoms with Crippen LogP contribution in [0, 0.1) is 13.8 Å². The van der Waals surface area contributed by atoms with Gasteiger partial charge in [-0.15, -0.1) is 0 Å². The number of hydrogen-bond acceptors (Lipinski definition) is 2. The van der Waals surface area contributed by atoms with Crippen molar-refractivity contribution in [3.8, 4) is 11.3 Å². The van der Waals surface area contributed by atoms with E-state index in [1.54, 1.807) is 0 Å². The van der Waals surface area contributed by atoms with Gasteiger partial charge in [0.05, 0.1) is 11.2 Å². The number of aliphatic hydroxyl groups excluding tert-OH is 1. The van der Waals surface area contributed by atoms with Gasteiger partial charge in [-0.3, -0.25) is 0 Å². The number of anilines is 1. The maximum absolute atomic E-state index is 9.36. The first-order valence-electron chi connectivity index (χ1n) is 8.65. The Balaban J connectivity index is 2.03. The van der Waals surface area contributed by atoms with Crippen LogP contribution in [0.5, 0.6) is 0 Å². The van der Waals surface area contributed by atoms with Gasteiger partial charge in [-0.25, -0.2) is 0 Å². The highest BCUT2D eigenvalue weighted by Crippen LogP contribution is 2.48. The Morgan fingerprint density at radius 2 is 1.79 bits per heavy atom. The molecule has 2 heterocycles. The van der Waals surface area contributed by atoms with Gasteiger partial charge >= 0.3 is 0 Å². The number of fused-ring (bicyclic) bond motifs is 5. The van der Waals surface area contributed by atoms with Crippen molar-refractivity contribution in [2.45, 2.75) is 39.2 Å². The van der Waals surface area contributed by atoms with Crippen molar-refractivity contribution >= 4 is 16.6 Å². The second-order valence-corrected chi connectivity index (χ2v) is 7.26. The molecule has 0 spiro atoms. The van der Waals surface area contributed by atoms with Gasteiger partial charge in [0.2, 0.25) is 0 Å². The van der Waals surface area contributed by atoms with Crippen LogP contribution in [0.25, 0.3) is 22.2 Å². The lowest BCUT2D eigenvalue weighted by molar-refractivity contribution is 0.270. The molecule has 4 rings (SSSR count). The lowest BCUT2D eigenvalue weighted by Crippen LogP contribution is -2.35. The van der Waals surface area contributed by atoms with E-state index in [2.05, 4.69) is 67.5 Å². The van der Waals surface area contributed by atoms with Crippen LogP contribution in [0.2, 0.25) is 0 Å². The lowest BCUT2D eigenvalue weighted by atomic mass is 9.80. The summed E-state index contributed by atoms with van der Waals surface area (Å²) in [6, 6.07) is 13.2. The van der Waals surface area contributed by atoms with Gasteiger partial charge in [-0.2, -0.15) is 0 Å². The summed E-state index contributed by atoms with van der Waals surface area (Å²) in [7, 11) is 0. The molecule has 0 aliphatic carbocycles. The molecule has 3 heteroatoms. The summed E-state index contributed by atoms with van der Waals surface area (Å²) < 4.78 is 0. The van der Waals surface area contributed by atoms with Gasteiger partial charge in [-0.1, -0.05) is 23.3 Å². The minimum absolute atomic E-state index is 0.188. The van der Waals surface area contributed by atoms with E-state index >= 15 is 0 Å². The third-order valence-electron chi connectivity index (χ3n) is 5.20. The Bertz CT molecular complexity index is 925. The molecule has 1 aliphatic heterocycles. The first-order chi connectivity index (χ1) is 11.5. The summed E-state index contributed by atoms with van der Waals surface area (Å²) >= 11 is 0. The van der Waals surface area contributed by atoms with Crippen LogP contribution in [-0.2, 0) is 5.54 Å². The van der Waals surface area contributed by atoms with Gasteiger partial charge in [0.15, 0.2) is 0 Å². The summed E-state index contributed by atoms with van der Waals surface area (Å²) in [5, 5.41) is 14.4. The Morgan fingerprint density at radius 3 is 2.58 bits per heavy atom. The molecule has 0 saturated heterocycles. The van der Waals surface area contributed by atoms with Crippen LogP contribution in [0.4, 0.5) is 5.69 Å². The predicted octanol–water partition coefficient (Wildman–Crippen LogP) is 4.86. The molecule has 1 aliphatic rings. The van der Waals surface area contributed by atoms with Crippen molar-refractivity contribution in [3.63, 3.8) is 0 Å². The van der Waals surface area contributed by atoms with Crippen molar-refractivity contribution < 1.29 is 5.11 Å². The molecule has 3 nitrogen and oxygen atoms in total. The topological polar surface area (TPSA) is 48.0 Å². The number of aliphatic hydroxyl groups is 1. The first-order valence-corrected chi connectivity index (χ1v) is 8.65. The van der Waals surface area contributed by atoms with Crippen molar-refractivity contribution in [2.24, 2.45) is 0 Å². The van der Waals surface area contributed by atoms with Gasteiger partial charge in [0.25, 0.3) is 0 Å². The summed E-state index contributed by atoms with van der Waals surface area (Å²) in [6.45, 7) is 6.74. The molecule has 124 valence electrons. The summed E-state index contributed by atoms with van der Waals surface area (Å²) in [6.07, 6.45) is 1.67. The maximum atomic E-state index is 9.36. The predicted molar refractivity (Wildman–Crippen MR) is 101 cm³/mol. The SMILES string of the molecule is Cc1ccc2c(c1)-c1[nH]c3ccc(C)cc3c1C(C)(CCCO)N2. The van der Waals surface area contributed by atoms with Crippen LogP contribution < -0.4 is 5.32 Å². The molecule has 2 aromatic carbocycles. The molecule has 24 heavy (non-hydrogen) atoms. The first kappa shape index (κ1) is 15.3. The Hall–Kier alpha value is -2.26. The van der Waals surface area contributed by atoms with Gasteiger partial charge in [0.1, 0.15) is 0 Å². The molecule has 1 aromatic heterocycles. The number of nitrogens with one attached hydrogen (secondary N) is 2. The zero-order valence-corrected chi connectivity index (χ0v) is 14.5. The van der Waals surface area contributed by atoms with Gasteiger partial charge in [-0.05, 0) is 57.9 Å². The van der Waals surface area contributed by atoms with Gasteiger partial charge < -0.3 is 15.4 Å². The maximum Gasteiger partial charge on any atom is 0.0625 e. The van der Waals surface area contributed by atoms with Crippen LogP contribution in [0.1, 0.15) is 36.5 Å². The standard InChI is InChI=1S/C21H24N2O/c1-13-5-7-17-15(11-13)19-20(22-17)16-12-14(2)6-8-18(16)23-21(19,3)9-4-10-24/h5-8,11-12,22-24H,4,9-10H2,1-3H3. The third-order valence-corrected chi connectivity index (χ3v) is 5.20. The molecule has 3 aromatic rings. The largest absolute Gasteiger partial charge is 0.396 e. The van der Waals surface area contributed by atoms with Crippen molar-refractivity contribution in [1.29, 1.82) is 0 Å². The minimum Gasteiger partial charge on any atom is -0.396 e. The smallest absolute Gasteiger partial charge is 0.0625 e. The number of hydrogen-bond donors (Lipinski definition) is 3. The van der Waals surface area contributed by atoms with Crippen molar-refractivity contribution in [1.82, 2.24) is 4.98 Å². The number of benzene rings is 2. The van der Waals surface area contributed by atoms with E-state index < -0.39 is 0 Å². The minimum atomic E-state index is -0.188. The summed E-state index contributed by atoms with van der Waals surface area (Å²) in [5.41, 5.74) is 8.46. The normalized spacial score (nSPS) is 19.0. The fourth-order valence-corrected chi connectivity index (χ4v) is 4.03. The van der Waals surface area contributed by atoms with Crippen molar-refractivity contribution in [3.05, 3.63) is 53.1 Å². The monoisotopic (exact) mass is 320 g/mol. The number of rotatable bonds is 3. The molecule has 0 saturated carbocycles. The fourth-order valence-electron chi connectivity index (χ4n) is 4.03. The number of aromatic amines is 1. The molecule has 0 radical (unpaired) electrons. The van der Waals surface area contributed by atoms with Crippen LogP contribution in [-0.4, -0.2) is 16.7 Å². The molecular formula is C21H24N2O. The molecular weight excluding hydrogens is 296 g/mol. The van der Waals surface area contributed by atoms with Crippen LogP contribution >= 0.6 is 0 Å². The molecule has 0 bridgehead atoms. The van der Waals surface area contributed by atoms with E-state index in [-0.39, 0.29) is 12.1 Å². The van der Waals surface area contributed by atoms with E-state index in [9.17, 15) is 5.11 Å². The summed E-state index contributed by atoms with van der Waals surface area (Å²) in [5.74, 6) is 0. The van der Waals surface area contributed by atoms with Crippen LogP contribution in [0.3, 0.4) is 0 Å². The number of aryl methyl sites for hydroxylation is 2. The summed E-state index contributed by atoms with van der Waals surface area (Å²) in [4.78, 5) is 3.66. The van der Waals surface area contributed by atoms with E-state index in [1.165, 1.54) is 38.9 Å². The zero-order chi connectivity index (χ0) is 16.9. The molecule has 0 amide bonds. The molecule has 3 N–H and O–H groups in total. The zero-order valence-electron chi connectivity index (χ0n) is 14.5. The molecule has 1 unspecified atom stereocenters. The lowest BCUT2D eigenvalue weighted by Gasteiger charge is -2.38. The number of H-pyrrole nitrogens is 1. The Morgan fingerprint density at radius 1 is 1.04 bits per heavy atom. The average molecular weight is 320 g/mol. The Labute approximate surface area is 142 Å². The fraction of sp³-hybridized carbons (Fsp3) is 0.333. The number of aromatic nitrogens is 1. The van der Waals surface area contributed by atoms with E-state index in [1.807, 2.05) is 0 Å².